The lowest BCUT2D eigenvalue weighted by Gasteiger charge is -2.38. The maximum absolute atomic E-state index is 13.6. The van der Waals surface area contributed by atoms with Crippen molar-refractivity contribution in [3.63, 3.8) is 0 Å². The topological polar surface area (TPSA) is 61.4 Å². The highest BCUT2D eigenvalue weighted by Gasteiger charge is 2.28. The lowest BCUT2D eigenvalue weighted by molar-refractivity contribution is 0.148. The number of piperazine rings is 1. The number of sulfonamides is 1. The molecule has 5 rings (SSSR count). The van der Waals surface area contributed by atoms with Crippen LogP contribution in [0.3, 0.4) is 0 Å². The number of benzene rings is 4. The summed E-state index contributed by atoms with van der Waals surface area (Å²) in [6.07, 6.45) is 1.56. The number of hydrogen-bond acceptors (Lipinski definition) is 4. The molecule has 0 saturated carbocycles. The van der Waals surface area contributed by atoms with Crippen molar-refractivity contribution in [1.29, 1.82) is 0 Å². The molecule has 0 aliphatic carbocycles. The molecule has 4 aromatic rings. The quantitative estimate of drug-likeness (QED) is 0.313. The lowest BCUT2D eigenvalue weighted by Crippen LogP contribution is -2.56. The van der Waals surface area contributed by atoms with Crippen molar-refractivity contribution >= 4 is 10.0 Å². The minimum Gasteiger partial charge on any atom is -0.314 e. The molecule has 1 heterocycles. The molecular weight excluding hydrogens is 490 g/mol. The average molecular weight is 526 g/mol. The van der Waals surface area contributed by atoms with Crippen molar-refractivity contribution in [3.05, 3.63) is 126 Å². The highest BCUT2D eigenvalue weighted by Crippen LogP contribution is 2.22. The molecule has 1 aliphatic heterocycles. The van der Waals surface area contributed by atoms with Crippen molar-refractivity contribution in [3.8, 4) is 11.1 Å². The Bertz CT molecular complexity index is 1380. The molecular formula is C32H35N3O2S. The van der Waals surface area contributed by atoms with Crippen LogP contribution in [0.15, 0.2) is 120 Å². The second-order valence-electron chi connectivity index (χ2n) is 9.94. The molecule has 0 unspecified atom stereocenters. The SMILES string of the molecule is O=S(=O)(N[C@@H](Cc1ccccc1)CN1CCNC[C@@H]1Cc1ccccc1)c1ccc(-c2ccccc2)cc1. The Hall–Kier alpha value is -3.29. The summed E-state index contributed by atoms with van der Waals surface area (Å²) in [5.74, 6) is 0. The van der Waals surface area contributed by atoms with Gasteiger partial charge in [0.2, 0.25) is 10.0 Å². The molecule has 4 aromatic carbocycles. The average Bonchev–Trinajstić information content (AvgIpc) is 2.95. The van der Waals surface area contributed by atoms with Crippen molar-refractivity contribution < 1.29 is 8.42 Å². The van der Waals surface area contributed by atoms with Crippen LogP contribution in [-0.4, -0.2) is 51.6 Å². The van der Waals surface area contributed by atoms with Gasteiger partial charge in [0.15, 0.2) is 0 Å². The van der Waals surface area contributed by atoms with Crippen molar-refractivity contribution in [2.75, 3.05) is 26.2 Å². The molecule has 0 bridgehead atoms. The van der Waals surface area contributed by atoms with Crippen LogP contribution in [0.4, 0.5) is 0 Å². The molecule has 0 spiro atoms. The first kappa shape index (κ1) is 26.3. The second-order valence-corrected chi connectivity index (χ2v) is 11.7. The van der Waals surface area contributed by atoms with E-state index < -0.39 is 10.0 Å². The van der Waals surface area contributed by atoms with Crippen LogP contribution in [-0.2, 0) is 22.9 Å². The first-order valence-electron chi connectivity index (χ1n) is 13.3. The van der Waals surface area contributed by atoms with E-state index >= 15 is 0 Å². The van der Waals surface area contributed by atoms with Crippen molar-refractivity contribution in [1.82, 2.24) is 14.9 Å². The molecule has 5 nitrogen and oxygen atoms in total. The fourth-order valence-corrected chi connectivity index (χ4v) is 6.43. The Morgan fingerprint density at radius 2 is 1.34 bits per heavy atom. The highest BCUT2D eigenvalue weighted by atomic mass is 32.2. The van der Waals surface area contributed by atoms with Gasteiger partial charge in [-0.25, -0.2) is 13.1 Å². The van der Waals surface area contributed by atoms with E-state index in [1.807, 2.05) is 66.7 Å². The first-order valence-corrected chi connectivity index (χ1v) is 14.8. The summed E-state index contributed by atoms with van der Waals surface area (Å²) < 4.78 is 30.2. The zero-order valence-corrected chi connectivity index (χ0v) is 22.4. The predicted octanol–water partition coefficient (Wildman–Crippen LogP) is 4.76. The maximum Gasteiger partial charge on any atom is 0.240 e. The van der Waals surface area contributed by atoms with Crippen molar-refractivity contribution in [2.24, 2.45) is 0 Å². The van der Waals surface area contributed by atoms with E-state index in [9.17, 15) is 8.42 Å². The molecule has 2 N–H and O–H groups in total. The number of rotatable bonds is 10. The highest BCUT2D eigenvalue weighted by molar-refractivity contribution is 7.89. The third-order valence-electron chi connectivity index (χ3n) is 7.16. The Balaban J connectivity index is 1.35. The number of nitrogens with one attached hydrogen (secondary N) is 2. The van der Waals surface area contributed by atoms with Gasteiger partial charge in [-0.05, 0) is 47.2 Å². The van der Waals surface area contributed by atoms with E-state index in [1.54, 1.807) is 12.1 Å². The van der Waals surface area contributed by atoms with Gasteiger partial charge in [0.1, 0.15) is 0 Å². The van der Waals surface area contributed by atoms with Crippen LogP contribution >= 0.6 is 0 Å². The fraction of sp³-hybridized carbons (Fsp3) is 0.250. The smallest absolute Gasteiger partial charge is 0.240 e. The normalized spacial score (nSPS) is 17.2. The summed E-state index contributed by atoms with van der Waals surface area (Å²) in [5.41, 5.74) is 4.48. The molecule has 1 fully saturated rings. The summed E-state index contributed by atoms with van der Waals surface area (Å²) in [6, 6.07) is 37.8. The largest absolute Gasteiger partial charge is 0.314 e. The second kappa shape index (κ2) is 12.5. The van der Waals surface area contributed by atoms with E-state index in [4.69, 9.17) is 0 Å². The summed E-state index contributed by atoms with van der Waals surface area (Å²) in [5, 5.41) is 3.52. The molecule has 0 radical (unpaired) electrons. The zero-order chi connectivity index (χ0) is 26.2. The van der Waals surface area contributed by atoms with Crippen LogP contribution in [0, 0.1) is 0 Å². The van der Waals surface area contributed by atoms with E-state index in [2.05, 4.69) is 51.3 Å². The van der Waals surface area contributed by atoms with Gasteiger partial charge in [0, 0.05) is 38.3 Å². The predicted molar refractivity (Wildman–Crippen MR) is 155 cm³/mol. The molecule has 196 valence electrons. The molecule has 0 amide bonds. The van der Waals surface area contributed by atoms with Gasteiger partial charge in [-0.2, -0.15) is 0 Å². The van der Waals surface area contributed by atoms with E-state index in [0.717, 1.165) is 42.7 Å². The maximum atomic E-state index is 13.6. The van der Waals surface area contributed by atoms with Gasteiger partial charge in [-0.1, -0.05) is 103 Å². The Labute approximate surface area is 226 Å². The minimum absolute atomic E-state index is 0.257. The zero-order valence-electron chi connectivity index (χ0n) is 21.5. The minimum atomic E-state index is -3.70. The Kier molecular flexibility index (Phi) is 8.66. The first-order chi connectivity index (χ1) is 18.6. The summed E-state index contributed by atoms with van der Waals surface area (Å²) in [4.78, 5) is 2.73. The van der Waals surface area contributed by atoms with Crippen molar-refractivity contribution in [2.45, 2.75) is 29.8 Å². The Morgan fingerprint density at radius 3 is 2.00 bits per heavy atom. The van der Waals surface area contributed by atoms with Gasteiger partial charge >= 0.3 is 0 Å². The van der Waals surface area contributed by atoms with Gasteiger partial charge in [-0.15, -0.1) is 0 Å². The van der Waals surface area contributed by atoms with Crippen LogP contribution in [0.5, 0.6) is 0 Å². The molecule has 2 atom stereocenters. The van der Waals surface area contributed by atoms with Crippen LogP contribution in [0.25, 0.3) is 11.1 Å². The van der Waals surface area contributed by atoms with E-state index in [0.29, 0.717) is 19.0 Å². The lowest BCUT2D eigenvalue weighted by atomic mass is 10.0. The monoisotopic (exact) mass is 525 g/mol. The third-order valence-corrected chi connectivity index (χ3v) is 8.70. The fourth-order valence-electron chi connectivity index (χ4n) is 5.20. The standard InChI is InChI=1S/C32H35N3O2S/c36-38(37,32-18-16-29(17-19-32)28-14-8-3-9-15-28)34-30(22-26-10-4-1-5-11-26)25-35-21-20-33-24-31(35)23-27-12-6-2-7-13-27/h1-19,30-31,33-34H,20-25H2/t30-,31-/m0/s1. The summed E-state index contributed by atoms with van der Waals surface area (Å²) >= 11 is 0. The van der Waals surface area contributed by atoms with E-state index in [-0.39, 0.29) is 10.9 Å². The molecule has 38 heavy (non-hydrogen) atoms. The molecule has 6 heteroatoms. The number of hydrogen-bond donors (Lipinski definition) is 2. The summed E-state index contributed by atoms with van der Waals surface area (Å²) in [6.45, 7) is 3.32. The summed E-state index contributed by atoms with van der Waals surface area (Å²) in [7, 11) is -3.70. The van der Waals surface area contributed by atoms with Crippen LogP contribution in [0.1, 0.15) is 11.1 Å². The van der Waals surface area contributed by atoms with Gasteiger partial charge in [-0.3, -0.25) is 4.90 Å². The van der Waals surface area contributed by atoms with Gasteiger partial charge < -0.3 is 5.32 Å². The van der Waals surface area contributed by atoms with Gasteiger partial charge in [0.05, 0.1) is 4.90 Å². The van der Waals surface area contributed by atoms with Gasteiger partial charge in [0.25, 0.3) is 0 Å². The molecule has 1 saturated heterocycles. The number of nitrogens with zero attached hydrogens (tertiary/aromatic N) is 1. The van der Waals surface area contributed by atoms with Crippen LogP contribution < -0.4 is 10.0 Å². The molecule has 1 aliphatic rings. The third kappa shape index (κ3) is 6.97. The van der Waals surface area contributed by atoms with Crippen LogP contribution in [0.2, 0.25) is 0 Å². The van der Waals surface area contributed by atoms with E-state index in [1.165, 1.54) is 5.56 Å². The Morgan fingerprint density at radius 1 is 0.763 bits per heavy atom. The molecule has 0 aromatic heterocycles.